The number of benzene rings is 2. The molecule has 0 fully saturated rings. The summed E-state index contributed by atoms with van der Waals surface area (Å²) in [5.41, 5.74) is 4.03. The summed E-state index contributed by atoms with van der Waals surface area (Å²) in [5.74, 6) is -0.386. The molecule has 2 amide bonds. The molecular weight excluding hydrogens is 332 g/mol. The van der Waals surface area contributed by atoms with E-state index in [9.17, 15) is 9.59 Å². The van der Waals surface area contributed by atoms with E-state index in [2.05, 4.69) is 10.6 Å². The van der Waals surface area contributed by atoms with E-state index in [-0.39, 0.29) is 11.8 Å². The molecule has 4 nitrogen and oxygen atoms in total. The Morgan fingerprint density at radius 3 is 2.44 bits per heavy atom. The van der Waals surface area contributed by atoms with Gasteiger partial charge in [-0.15, -0.1) is 11.3 Å². The lowest BCUT2D eigenvalue weighted by molar-refractivity contribution is 0.101. The lowest BCUT2D eigenvalue weighted by Crippen LogP contribution is -2.14. The number of amides is 2. The van der Waals surface area contributed by atoms with Crippen LogP contribution in [0.2, 0.25) is 0 Å². The summed E-state index contributed by atoms with van der Waals surface area (Å²) in [6.45, 7) is 3.98. The molecule has 0 saturated heterocycles. The van der Waals surface area contributed by atoms with Crippen LogP contribution in [0.25, 0.3) is 0 Å². The fourth-order valence-electron chi connectivity index (χ4n) is 2.42. The molecule has 0 radical (unpaired) electrons. The fraction of sp³-hybridized carbons (Fsp3) is 0.100. The highest BCUT2D eigenvalue weighted by atomic mass is 32.1. The number of aryl methyl sites for hydroxylation is 1. The van der Waals surface area contributed by atoms with E-state index in [1.807, 2.05) is 43.5 Å². The maximum absolute atomic E-state index is 12.5. The molecule has 0 aliphatic heterocycles. The smallest absolute Gasteiger partial charge is 0.265 e. The number of thiophene rings is 1. The van der Waals surface area contributed by atoms with Crippen molar-refractivity contribution in [3.8, 4) is 0 Å². The first kappa shape index (κ1) is 16.9. The van der Waals surface area contributed by atoms with Crippen LogP contribution in [0.5, 0.6) is 0 Å². The molecule has 2 N–H and O–H groups in total. The summed E-state index contributed by atoms with van der Waals surface area (Å²) in [5, 5.41) is 7.59. The molecule has 0 saturated carbocycles. The first-order valence-electron chi connectivity index (χ1n) is 7.87. The molecule has 126 valence electrons. The number of nitrogens with one attached hydrogen (secondary N) is 2. The molecule has 2 aromatic carbocycles. The molecule has 0 spiro atoms. The minimum atomic E-state index is -0.207. The highest BCUT2D eigenvalue weighted by Crippen LogP contribution is 2.20. The standard InChI is InChI=1S/C20H18N2O2S/c1-13-6-3-9-17(14(13)2)22-19(23)15-7-4-8-16(12-15)21-20(24)18-10-5-11-25-18/h3-12H,1-2H3,(H,21,24)(H,22,23). The van der Waals surface area contributed by atoms with Crippen LogP contribution in [0.15, 0.2) is 60.0 Å². The summed E-state index contributed by atoms with van der Waals surface area (Å²) in [6, 6.07) is 16.3. The Morgan fingerprint density at radius 2 is 1.68 bits per heavy atom. The van der Waals surface area contributed by atoms with Gasteiger partial charge in [0, 0.05) is 16.9 Å². The van der Waals surface area contributed by atoms with Gasteiger partial charge in [0.1, 0.15) is 0 Å². The number of carbonyl (C=O) groups is 2. The Balaban J connectivity index is 1.75. The van der Waals surface area contributed by atoms with Gasteiger partial charge in [0.05, 0.1) is 4.88 Å². The third kappa shape index (κ3) is 3.95. The van der Waals surface area contributed by atoms with Gasteiger partial charge in [0.15, 0.2) is 0 Å². The van der Waals surface area contributed by atoms with E-state index < -0.39 is 0 Å². The van der Waals surface area contributed by atoms with Crippen LogP contribution in [0.3, 0.4) is 0 Å². The SMILES string of the molecule is Cc1cccc(NC(=O)c2cccc(NC(=O)c3cccs3)c2)c1C. The summed E-state index contributed by atoms with van der Waals surface area (Å²) >= 11 is 1.37. The predicted octanol–water partition coefficient (Wildman–Crippen LogP) is 4.87. The Bertz CT molecular complexity index is 917. The molecule has 0 atom stereocenters. The van der Waals surface area contributed by atoms with Crippen LogP contribution in [0, 0.1) is 13.8 Å². The van der Waals surface area contributed by atoms with Gasteiger partial charge in [-0.05, 0) is 60.7 Å². The monoisotopic (exact) mass is 350 g/mol. The van der Waals surface area contributed by atoms with E-state index >= 15 is 0 Å². The van der Waals surface area contributed by atoms with E-state index in [1.54, 1.807) is 30.3 Å². The van der Waals surface area contributed by atoms with Gasteiger partial charge in [-0.25, -0.2) is 0 Å². The third-order valence-electron chi connectivity index (χ3n) is 3.98. The van der Waals surface area contributed by atoms with Crippen molar-refractivity contribution < 1.29 is 9.59 Å². The van der Waals surface area contributed by atoms with Crippen LogP contribution < -0.4 is 10.6 Å². The Labute approximate surface area is 150 Å². The Morgan fingerprint density at radius 1 is 0.880 bits per heavy atom. The zero-order chi connectivity index (χ0) is 17.8. The number of hydrogen-bond acceptors (Lipinski definition) is 3. The van der Waals surface area contributed by atoms with Crippen molar-refractivity contribution in [1.82, 2.24) is 0 Å². The van der Waals surface area contributed by atoms with Crippen molar-refractivity contribution in [2.45, 2.75) is 13.8 Å². The van der Waals surface area contributed by atoms with Gasteiger partial charge >= 0.3 is 0 Å². The molecule has 1 aromatic heterocycles. The van der Waals surface area contributed by atoms with E-state index in [4.69, 9.17) is 0 Å². The number of rotatable bonds is 4. The average Bonchev–Trinajstić information content (AvgIpc) is 3.14. The van der Waals surface area contributed by atoms with Gasteiger partial charge in [0.2, 0.25) is 0 Å². The molecule has 3 aromatic rings. The lowest BCUT2D eigenvalue weighted by Gasteiger charge is -2.11. The van der Waals surface area contributed by atoms with E-state index in [0.717, 1.165) is 16.8 Å². The normalized spacial score (nSPS) is 10.3. The number of anilines is 2. The second kappa shape index (κ2) is 7.32. The van der Waals surface area contributed by atoms with Crippen LogP contribution in [-0.2, 0) is 0 Å². The lowest BCUT2D eigenvalue weighted by atomic mass is 10.1. The summed E-state index contributed by atoms with van der Waals surface area (Å²) in [6.07, 6.45) is 0. The molecule has 1 heterocycles. The first-order chi connectivity index (χ1) is 12.0. The molecule has 3 rings (SSSR count). The quantitative estimate of drug-likeness (QED) is 0.705. The van der Waals surface area contributed by atoms with Gasteiger partial charge in [-0.3, -0.25) is 9.59 Å². The number of carbonyl (C=O) groups excluding carboxylic acids is 2. The van der Waals surface area contributed by atoms with Crippen molar-refractivity contribution in [3.05, 3.63) is 81.5 Å². The summed E-state index contributed by atoms with van der Waals surface area (Å²) in [7, 11) is 0. The minimum absolute atomic E-state index is 0.179. The maximum Gasteiger partial charge on any atom is 0.265 e. The van der Waals surface area contributed by atoms with Gasteiger partial charge in [-0.1, -0.05) is 24.3 Å². The molecule has 0 aliphatic rings. The summed E-state index contributed by atoms with van der Waals surface area (Å²) in [4.78, 5) is 25.3. The first-order valence-corrected chi connectivity index (χ1v) is 8.75. The summed E-state index contributed by atoms with van der Waals surface area (Å²) < 4.78 is 0. The largest absolute Gasteiger partial charge is 0.322 e. The van der Waals surface area contributed by atoms with Crippen LogP contribution in [0.4, 0.5) is 11.4 Å². The van der Waals surface area contributed by atoms with E-state index in [0.29, 0.717) is 16.1 Å². The van der Waals surface area contributed by atoms with Crippen molar-refractivity contribution in [2.24, 2.45) is 0 Å². The van der Waals surface area contributed by atoms with Crippen molar-refractivity contribution in [3.63, 3.8) is 0 Å². The van der Waals surface area contributed by atoms with Gasteiger partial charge in [0.25, 0.3) is 11.8 Å². The van der Waals surface area contributed by atoms with Crippen molar-refractivity contribution in [1.29, 1.82) is 0 Å². The Hall–Kier alpha value is -2.92. The molecule has 0 bridgehead atoms. The zero-order valence-electron chi connectivity index (χ0n) is 14.0. The highest BCUT2D eigenvalue weighted by molar-refractivity contribution is 7.12. The van der Waals surface area contributed by atoms with Gasteiger partial charge in [-0.2, -0.15) is 0 Å². The minimum Gasteiger partial charge on any atom is -0.322 e. The predicted molar refractivity (Wildman–Crippen MR) is 103 cm³/mol. The van der Waals surface area contributed by atoms with Gasteiger partial charge < -0.3 is 10.6 Å². The topological polar surface area (TPSA) is 58.2 Å². The highest BCUT2D eigenvalue weighted by Gasteiger charge is 2.11. The Kier molecular flexibility index (Phi) is 4.95. The second-order valence-corrected chi connectivity index (χ2v) is 6.66. The van der Waals surface area contributed by atoms with E-state index in [1.165, 1.54) is 11.3 Å². The third-order valence-corrected chi connectivity index (χ3v) is 4.85. The van der Waals surface area contributed by atoms with Crippen LogP contribution in [0.1, 0.15) is 31.2 Å². The maximum atomic E-state index is 12.5. The molecule has 0 aliphatic carbocycles. The fourth-order valence-corrected chi connectivity index (χ4v) is 3.04. The number of hydrogen-bond donors (Lipinski definition) is 2. The second-order valence-electron chi connectivity index (χ2n) is 5.71. The molecule has 5 heteroatoms. The van der Waals surface area contributed by atoms with Crippen molar-refractivity contribution in [2.75, 3.05) is 10.6 Å². The molecule has 25 heavy (non-hydrogen) atoms. The average molecular weight is 350 g/mol. The van der Waals surface area contributed by atoms with Crippen molar-refractivity contribution >= 4 is 34.5 Å². The van der Waals surface area contributed by atoms with Crippen LogP contribution in [-0.4, -0.2) is 11.8 Å². The zero-order valence-corrected chi connectivity index (χ0v) is 14.8. The molecular formula is C20H18N2O2S. The molecule has 0 unspecified atom stereocenters. The van der Waals surface area contributed by atoms with Crippen LogP contribution >= 0.6 is 11.3 Å².